The molecule has 1 saturated heterocycles. The van der Waals surface area contributed by atoms with Gasteiger partial charge in [0.05, 0.1) is 0 Å². The maximum absolute atomic E-state index is 12.4. The van der Waals surface area contributed by atoms with Crippen molar-refractivity contribution in [1.29, 1.82) is 0 Å². The number of carbonyl (C=O) groups excluding carboxylic acids is 1. The number of para-hydroxylation sites is 1. The predicted molar refractivity (Wildman–Crippen MR) is 88.8 cm³/mol. The molecule has 2 unspecified atom stereocenters. The molecule has 2 atom stereocenters. The fourth-order valence-corrected chi connectivity index (χ4v) is 2.99. The summed E-state index contributed by atoms with van der Waals surface area (Å²) in [5.41, 5.74) is 8.22. The van der Waals surface area contributed by atoms with E-state index in [4.69, 9.17) is 5.73 Å². The van der Waals surface area contributed by atoms with Crippen LogP contribution in [-0.2, 0) is 0 Å². The summed E-state index contributed by atoms with van der Waals surface area (Å²) in [6, 6.07) is 19.7. The van der Waals surface area contributed by atoms with Gasteiger partial charge in [-0.2, -0.15) is 0 Å². The highest BCUT2D eigenvalue weighted by atomic mass is 16.2. The third-order valence-electron chi connectivity index (χ3n) is 4.07. The van der Waals surface area contributed by atoms with E-state index < -0.39 is 0 Å². The topological polar surface area (TPSA) is 58.4 Å². The van der Waals surface area contributed by atoms with Crippen LogP contribution in [-0.4, -0.2) is 30.1 Å². The van der Waals surface area contributed by atoms with Gasteiger partial charge in [-0.25, -0.2) is 4.79 Å². The molecule has 0 aromatic heterocycles. The maximum Gasteiger partial charge on any atom is 0.321 e. The fourth-order valence-electron chi connectivity index (χ4n) is 2.99. The lowest BCUT2D eigenvalue weighted by molar-refractivity contribution is 0.184. The molecule has 1 fully saturated rings. The van der Waals surface area contributed by atoms with Crippen molar-refractivity contribution in [1.82, 2.24) is 4.90 Å². The Labute approximate surface area is 130 Å². The summed E-state index contributed by atoms with van der Waals surface area (Å²) < 4.78 is 0. The molecule has 0 saturated carbocycles. The lowest BCUT2D eigenvalue weighted by atomic mass is 9.88. The van der Waals surface area contributed by atoms with Crippen molar-refractivity contribution in [2.45, 2.75) is 18.4 Å². The van der Waals surface area contributed by atoms with Gasteiger partial charge in [0.15, 0.2) is 0 Å². The molecular weight excluding hydrogens is 274 g/mol. The quantitative estimate of drug-likeness (QED) is 0.894. The number of piperidine rings is 1. The van der Waals surface area contributed by atoms with Gasteiger partial charge >= 0.3 is 6.03 Å². The van der Waals surface area contributed by atoms with Crippen molar-refractivity contribution in [2.24, 2.45) is 5.73 Å². The number of anilines is 1. The van der Waals surface area contributed by atoms with Crippen molar-refractivity contribution < 1.29 is 4.79 Å². The Morgan fingerprint density at radius 2 is 1.64 bits per heavy atom. The van der Waals surface area contributed by atoms with Gasteiger partial charge < -0.3 is 16.0 Å². The first-order valence-corrected chi connectivity index (χ1v) is 7.64. The minimum Gasteiger partial charge on any atom is -0.326 e. The maximum atomic E-state index is 12.4. The van der Waals surface area contributed by atoms with E-state index in [0.717, 1.165) is 12.1 Å². The van der Waals surface area contributed by atoms with Crippen LogP contribution in [0.25, 0.3) is 0 Å². The van der Waals surface area contributed by atoms with Crippen molar-refractivity contribution >= 4 is 11.7 Å². The van der Waals surface area contributed by atoms with Gasteiger partial charge in [0.2, 0.25) is 0 Å². The molecule has 114 valence electrons. The Balaban J connectivity index is 1.69. The summed E-state index contributed by atoms with van der Waals surface area (Å²) in [5.74, 6) is 0.298. The van der Waals surface area contributed by atoms with Crippen LogP contribution in [0.15, 0.2) is 60.7 Å². The minimum absolute atomic E-state index is 0.0143. The van der Waals surface area contributed by atoms with E-state index in [-0.39, 0.29) is 12.1 Å². The van der Waals surface area contributed by atoms with Crippen molar-refractivity contribution in [3.05, 3.63) is 66.2 Å². The molecule has 0 bridgehead atoms. The number of nitrogens with one attached hydrogen (secondary N) is 1. The zero-order chi connectivity index (χ0) is 15.4. The van der Waals surface area contributed by atoms with E-state index in [1.807, 2.05) is 53.4 Å². The molecule has 3 N–H and O–H groups in total. The summed E-state index contributed by atoms with van der Waals surface area (Å²) in [7, 11) is 0. The molecule has 1 aliphatic heterocycles. The van der Waals surface area contributed by atoms with Crippen LogP contribution in [0.1, 0.15) is 17.9 Å². The average Bonchev–Trinajstić information content (AvgIpc) is 2.56. The molecule has 22 heavy (non-hydrogen) atoms. The molecule has 0 spiro atoms. The van der Waals surface area contributed by atoms with Gasteiger partial charge in [-0.1, -0.05) is 48.5 Å². The molecule has 1 aliphatic rings. The second-order valence-corrected chi connectivity index (χ2v) is 5.80. The van der Waals surface area contributed by atoms with Crippen LogP contribution >= 0.6 is 0 Å². The number of likely N-dealkylation sites (tertiary alicyclic amines) is 1. The van der Waals surface area contributed by atoms with E-state index in [0.29, 0.717) is 19.0 Å². The van der Waals surface area contributed by atoms with Crippen molar-refractivity contribution in [3.63, 3.8) is 0 Å². The number of rotatable bonds is 2. The van der Waals surface area contributed by atoms with Gasteiger partial charge in [-0.3, -0.25) is 0 Å². The third kappa shape index (κ3) is 3.46. The molecule has 3 rings (SSSR count). The van der Waals surface area contributed by atoms with Gasteiger partial charge in [-0.05, 0) is 24.1 Å². The first-order chi connectivity index (χ1) is 10.7. The Morgan fingerprint density at radius 3 is 2.32 bits per heavy atom. The second-order valence-electron chi connectivity index (χ2n) is 5.80. The van der Waals surface area contributed by atoms with Crippen LogP contribution in [0.3, 0.4) is 0 Å². The van der Waals surface area contributed by atoms with Gasteiger partial charge in [-0.15, -0.1) is 0 Å². The number of urea groups is 1. The first-order valence-electron chi connectivity index (χ1n) is 7.64. The third-order valence-corrected chi connectivity index (χ3v) is 4.07. The molecule has 2 aromatic rings. The molecule has 0 radical (unpaired) electrons. The zero-order valence-electron chi connectivity index (χ0n) is 12.5. The van der Waals surface area contributed by atoms with Gasteiger partial charge in [0.1, 0.15) is 0 Å². The largest absolute Gasteiger partial charge is 0.326 e. The summed E-state index contributed by atoms with van der Waals surface area (Å²) in [6.45, 7) is 1.30. The standard InChI is InChI=1S/C18H21N3O/c19-16-11-15(14-7-3-1-4-8-14)12-21(13-16)18(22)20-17-9-5-2-6-10-17/h1-10,15-16H,11-13,19H2,(H,20,22). The molecule has 2 amide bonds. The molecule has 4 nitrogen and oxygen atoms in total. The predicted octanol–water partition coefficient (Wildman–Crippen LogP) is 3.04. The Hall–Kier alpha value is -2.33. The highest BCUT2D eigenvalue weighted by Crippen LogP contribution is 2.26. The van der Waals surface area contributed by atoms with Crippen LogP contribution in [0.2, 0.25) is 0 Å². The van der Waals surface area contributed by atoms with Crippen LogP contribution < -0.4 is 11.1 Å². The van der Waals surface area contributed by atoms with E-state index in [9.17, 15) is 4.79 Å². The SMILES string of the molecule is NC1CC(c2ccccc2)CN(C(=O)Nc2ccccc2)C1. The number of nitrogens with two attached hydrogens (primary N) is 1. The van der Waals surface area contributed by atoms with Crippen LogP contribution in [0.5, 0.6) is 0 Å². The van der Waals surface area contributed by atoms with Gasteiger partial charge in [0, 0.05) is 30.7 Å². The second kappa shape index (κ2) is 6.62. The number of hydrogen-bond acceptors (Lipinski definition) is 2. The number of benzene rings is 2. The van der Waals surface area contributed by atoms with Crippen molar-refractivity contribution in [3.8, 4) is 0 Å². The summed E-state index contributed by atoms with van der Waals surface area (Å²) in [6.07, 6.45) is 0.916. The Bertz CT molecular complexity index is 615. The first kappa shape index (κ1) is 14.6. The van der Waals surface area contributed by atoms with E-state index in [1.54, 1.807) is 0 Å². The Kier molecular flexibility index (Phi) is 4.39. The monoisotopic (exact) mass is 295 g/mol. The summed E-state index contributed by atoms with van der Waals surface area (Å²) in [4.78, 5) is 14.3. The highest BCUT2D eigenvalue weighted by Gasteiger charge is 2.29. The van der Waals surface area contributed by atoms with E-state index >= 15 is 0 Å². The molecule has 1 heterocycles. The Morgan fingerprint density at radius 1 is 1.00 bits per heavy atom. The van der Waals surface area contributed by atoms with Crippen LogP contribution in [0, 0.1) is 0 Å². The smallest absolute Gasteiger partial charge is 0.321 e. The molecule has 0 aliphatic carbocycles. The number of nitrogens with zero attached hydrogens (tertiary/aromatic N) is 1. The summed E-state index contributed by atoms with van der Waals surface area (Å²) >= 11 is 0. The van der Waals surface area contributed by atoms with Crippen LogP contribution in [0.4, 0.5) is 10.5 Å². The molecular formula is C18H21N3O. The average molecular weight is 295 g/mol. The van der Waals surface area contributed by atoms with Crippen molar-refractivity contribution in [2.75, 3.05) is 18.4 Å². The highest BCUT2D eigenvalue weighted by molar-refractivity contribution is 5.89. The fraction of sp³-hybridized carbons (Fsp3) is 0.278. The zero-order valence-corrected chi connectivity index (χ0v) is 12.5. The van der Waals surface area contributed by atoms with Gasteiger partial charge in [0.25, 0.3) is 0 Å². The number of hydrogen-bond donors (Lipinski definition) is 2. The van der Waals surface area contributed by atoms with E-state index in [1.165, 1.54) is 5.56 Å². The normalized spacial score (nSPS) is 21.4. The number of carbonyl (C=O) groups is 1. The van der Waals surface area contributed by atoms with E-state index in [2.05, 4.69) is 17.4 Å². The molecule has 4 heteroatoms. The number of amides is 2. The minimum atomic E-state index is -0.0812. The lowest BCUT2D eigenvalue weighted by Gasteiger charge is -2.36. The molecule has 2 aromatic carbocycles. The lowest BCUT2D eigenvalue weighted by Crippen LogP contribution is -2.50. The summed E-state index contributed by atoms with van der Waals surface area (Å²) in [5, 5.41) is 2.94.